The molecule has 4 heteroatoms. The SMILES string of the molecule is CCCOc1ccc(NC(=O)[C@@](C)(CCC)OCC)cc1. The van der Waals surface area contributed by atoms with Crippen molar-refractivity contribution < 1.29 is 14.3 Å². The number of rotatable bonds is 9. The summed E-state index contributed by atoms with van der Waals surface area (Å²) in [6, 6.07) is 7.43. The molecule has 118 valence electrons. The molecule has 0 aliphatic carbocycles. The van der Waals surface area contributed by atoms with Gasteiger partial charge in [0.25, 0.3) is 5.91 Å². The summed E-state index contributed by atoms with van der Waals surface area (Å²) in [5.41, 5.74) is -0.0215. The third-order valence-corrected chi connectivity index (χ3v) is 3.26. The van der Waals surface area contributed by atoms with E-state index in [0.29, 0.717) is 19.6 Å². The summed E-state index contributed by atoms with van der Waals surface area (Å²) in [4.78, 5) is 12.4. The van der Waals surface area contributed by atoms with Crippen molar-refractivity contribution in [1.29, 1.82) is 0 Å². The second-order valence-corrected chi connectivity index (χ2v) is 5.24. The molecule has 0 aromatic heterocycles. The van der Waals surface area contributed by atoms with Crippen molar-refractivity contribution in [2.75, 3.05) is 18.5 Å². The highest BCUT2D eigenvalue weighted by Gasteiger charge is 2.32. The van der Waals surface area contributed by atoms with Gasteiger partial charge in [0, 0.05) is 12.3 Å². The summed E-state index contributed by atoms with van der Waals surface area (Å²) in [7, 11) is 0. The van der Waals surface area contributed by atoms with Crippen molar-refractivity contribution in [2.45, 2.75) is 52.6 Å². The Balaban J connectivity index is 2.68. The van der Waals surface area contributed by atoms with Gasteiger partial charge in [-0.15, -0.1) is 0 Å². The van der Waals surface area contributed by atoms with Crippen molar-refractivity contribution >= 4 is 11.6 Å². The third kappa shape index (κ3) is 5.38. The van der Waals surface area contributed by atoms with E-state index in [1.165, 1.54) is 0 Å². The predicted octanol–water partition coefficient (Wildman–Crippen LogP) is 4.01. The van der Waals surface area contributed by atoms with E-state index < -0.39 is 5.60 Å². The van der Waals surface area contributed by atoms with Gasteiger partial charge >= 0.3 is 0 Å². The summed E-state index contributed by atoms with van der Waals surface area (Å²) >= 11 is 0. The second kappa shape index (κ2) is 8.67. The molecule has 0 spiro atoms. The Morgan fingerprint density at radius 1 is 1.14 bits per heavy atom. The van der Waals surface area contributed by atoms with Crippen LogP contribution in [0.2, 0.25) is 0 Å². The first-order chi connectivity index (χ1) is 10.1. The molecule has 0 aliphatic heterocycles. The fourth-order valence-corrected chi connectivity index (χ4v) is 2.16. The van der Waals surface area contributed by atoms with Gasteiger partial charge in [0.05, 0.1) is 6.61 Å². The summed E-state index contributed by atoms with van der Waals surface area (Å²) in [5.74, 6) is 0.712. The number of carbonyl (C=O) groups is 1. The molecule has 0 fully saturated rings. The number of benzene rings is 1. The Hall–Kier alpha value is -1.55. The van der Waals surface area contributed by atoms with E-state index in [2.05, 4.69) is 12.2 Å². The average Bonchev–Trinajstić information content (AvgIpc) is 2.47. The van der Waals surface area contributed by atoms with E-state index in [1.807, 2.05) is 45.0 Å². The lowest BCUT2D eigenvalue weighted by atomic mass is 9.99. The number of carbonyl (C=O) groups excluding carboxylic acids is 1. The van der Waals surface area contributed by atoms with Gasteiger partial charge in [-0.3, -0.25) is 4.79 Å². The van der Waals surface area contributed by atoms with Crippen LogP contribution in [0.3, 0.4) is 0 Å². The molecule has 1 rings (SSSR count). The number of hydrogen-bond donors (Lipinski definition) is 1. The third-order valence-electron chi connectivity index (χ3n) is 3.26. The van der Waals surface area contributed by atoms with Gasteiger partial charge in [-0.25, -0.2) is 0 Å². The van der Waals surface area contributed by atoms with Gasteiger partial charge < -0.3 is 14.8 Å². The van der Waals surface area contributed by atoms with E-state index in [0.717, 1.165) is 24.3 Å². The zero-order chi connectivity index (χ0) is 15.7. The molecule has 0 bridgehead atoms. The summed E-state index contributed by atoms with van der Waals surface area (Å²) < 4.78 is 11.2. The van der Waals surface area contributed by atoms with Crippen LogP contribution in [-0.2, 0) is 9.53 Å². The van der Waals surface area contributed by atoms with Crippen molar-refractivity contribution in [3.63, 3.8) is 0 Å². The van der Waals surface area contributed by atoms with E-state index in [4.69, 9.17) is 9.47 Å². The monoisotopic (exact) mass is 293 g/mol. The molecule has 0 radical (unpaired) electrons. The summed E-state index contributed by atoms with van der Waals surface area (Å²) in [6.07, 6.45) is 2.57. The van der Waals surface area contributed by atoms with Crippen LogP contribution in [0.1, 0.15) is 47.0 Å². The van der Waals surface area contributed by atoms with Crippen LogP contribution < -0.4 is 10.1 Å². The van der Waals surface area contributed by atoms with E-state index in [9.17, 15) is 4.79 Å². The van der Waals surface area contributed by atoms with Crippen LogP contribution in [0.25, 0.3) is 0 Å². The smallest absolute Gasteiger partial charge is 0.256 e. The van der Waals surface area contributed by atoms with Crippen molar-refractivity contribution in [3.05, 3.63) is 24.3 Å². The average molecular weight is 293 g/mol. The molecule has 1 aromatic carbocycles. The first-order valence-corrected chi connectivity index (χ1v) is 7.74. The fourth-order valence-electron chi connectivity index (χ4n) is 2.16. The van der Waals surface area contributed by atoms with Crippen LogP contribution >= 0.6 is 0 Å². The van der Waals surface area contributed by atoms with Crippen molar-refractivity contribution in [3.8, 4) is 5.75 Å². The molecular formula is C17H27NO3. The Kier molecular flexibility index (Phi) is 7.23. The molecule has 4 nitrogen and oxygen atoms in total. The minimum absolute atomic E-state index is 0.103. The highest BCUT2D eigenvalue weighted by Crippen LogP contribution is 2.22. The molecule has 0 heterocycles. The number of amides is 1. The number of hydrogen-bond acceptors (Lipinski definition) is 3. The maximum absolute atomic E-state index is 12.4. The van der Waals surface area contributed by atoms with Gasteiger partial charge in [-0.1, -0.05) is 20.3 Å². The molecule has 1 aromatic rings. The largest absolute Gasteiger partial charge is 0.494 e. The number of anilines is 1. The second-order valence-electron chi connectivity index (χ2n) is 5.24. The molecule has 21 heavy (non-hydrogen) atoms. The molecule has 1 atom stereocenters. The molecule has 0 saturated heterocycles. The minimum Gasteiger partial charge on any atom is -0.494 e. The fraction of sp³-hybridized carbons (Fsp3) is 0.588. The van der Waals surface area contributed by atoms with E-state index >= 15 is 0 Å². The first-order valence-electron chi connectivity index (χ1n) is 7.74. The Labute approximate surface area is 127 Å². The highest BCUT2D eigenvalue weighted by molar-refractivity contribution is 5.97. The Bertz CT molecular complexity index is 422. The quantitative estimate of drug-likeness (QED) is 0.748. The van der Waals surface area contributed by atoms with Crippen LogP contribution in [0, 0.1) is 0 Å². The van der Waals surface area contributed by atoms with Crippen molar-refractivity contribution in [1.82, 2.24) is 0 Å². The Morgan fingerprint density at radius 2 is 1.81 bits per heavy atom. The maximum Gasteiger partial charge on any atom is 0.256 e. The molecule has 1 N–H and O–H groups in total. The lowest BCUT2D eigenvalue weighted by Gasteiger charge is -2.27. The molecule has 1 amide bonds. The lowest BCUT2D eigenvalue weighted by Crippen LogP contribution is -2.42. The van der Waals surface area contributed by atoms with Gasteiger partial charge in [0.2, 0.25) is 0 Å². The molecular weight excluding hydrogens is 266 g/mol. The van der Waals surface area contributed by atoms with Crippen LogP contribution in [0.5, 0.6) is 5.75 Å². The maximum atomic E-state index is 12.4. The normalized spacial score (nSPS) is 13.5. The van der Waals surface area contributed by atoms with Gasteiger partial charge in [0.15, 0.2) is 0 Å². The first kappa shape index (κ1) is 17.5. The lowest BCUT2D eigenvalue weighted by molar-refractivity contribution is -0.139. The topological polar surface area (TPSA) is 47.6 Å². The number of ether oxygens (including phenoxy) is 2. The number of nitrogens with one attached hydrogen (secondary N) is 1. The van der Waals surface area contributed by atoms with Gasteiger partial charge in [-0.05, 0) is 51.0 Å². The van der Waals surface area contributed by atoms with Gasteiger partial charge in [-0.2, -0.15) is 0 Å². The summed E-state index contributed by atoms with van der Waals surface area (Å²) in [5, 5.41) is 2.92. The zero-order valence-corrected chi connectivity index (χ0v) is 13.6. The minimum atomic E-state index is -0.777. The Morgan fingerprint density at radius 3 is 2.33 bits per heavy atom. The van der Waals surface area contributed by atoms with Crippen molar-refractivity contribution in [2.24, 2.45) is 0 Å². The van der Waals surface area contributed by atoms with Crippen LogP contribution in [0.4, 0.5) is 5.69 Å². The zero-order valence-electron chi connectivity index (χ0n) is 13.6. The van der Waals surface area contributed by atoms with E-state index in [1.54, 1.807) is 0 Å². The summed E-state index contributed by atoms with van der Waals surface area (Å²) in [6.45, 7) is 9.08. The predicted molar refractivity (Wildman–Crippen MR) is 85.8 cm³/mol. The highest BCUT2D eigenvalue weighted by atomic mass is 16.5. The molecule has 0 aliphatic rings. The standard InChI is InChI=1S/C17H27NO3/c1-5-12-17(4,21-7-3)16(19)18-14-8-10-15(11-9-14)20-13-6-2/h8-11H,5-7,12-13H2,1-4H3,(H,18,19)/t17-/m1/s1. The van der Waals surface area contributed by atoms with Crippen LogP contribution in [0.15, 0.2) is 24.3 Å². The molecule has 0 unspecified atom stereocenters. The van der Waals surface area contributed by atoms with E-state index in [-0.39, 0.29) is 5.91 Å². The molecule has 0 saturated carbocycles. The van der Waals surface area contributed by atoms with Gasteiger partial charge in [0.1, 0.15) is 11.4 Å². The van der Waals surface area contributed by atoms with Crippen LogP contribution in [-0.4, -0.2) is 24.7 Å².